The number of hydrogen-bond acceptors (Lipinski definition) is 6. The number of rotatable bonds is 6. The molecule has 0 aliphatic heterocycles. The molecule has 3 aromatic carbocycles. The number of carbonyl (C=O) groups is 2. The quantitative estimate of drug-likeness (QED) is 0.530. The Bertz CT molecular complexity index is 978. The maximum absolute atomic E-state index is 12.5. The van der Waals surface area contributed by atoms with Crippen molar-refractivity contribution in [1.82, 2.24) is 0 Å². The molecule has 0 amide bonds. The van der Waals surface area contributed by atoms with E-state index in [1.54, 1.807) is 12.1 Å². The molecule has 0 fully saturated rings. The van der Waals surface area contributed by atoms with E-state index in [9.17, 15) is 14.7 Å². The van der Waals surface area contributed by atoms with Crippen molar-refractivity contribution < 1.29 is 28.9 Å². The van der Waals surface area contributed by atoms with Gasteiger partial charge in [-0.1, -0.05) is 42.5 Å². The summed E-state index contributed by atoms with van der Waals surface area (Å²) in [6, 6.07) is 15.5. The normalized spacial score (nSPS) is 10.4. The number of carbonyl (C=O) groups excluding carboxylic acids is 2. The van der Waals surface area contributed by atoms with Crippen LogP contribution < -0.4 is 9.47 Å². The first-order chi connectivity index (χ1) is 13.0. The predicted molar refractivity (Wildman–Crippen MR) is 99.8 cm³/mol. The van der Waals surface area contributed by atoms with Gasteiger partial charge in [-0.25, -0.2) is 4.79 Å². The van der Waals surface area contributed by atoms with E-state index in [2.05, 4.69) is 0 Å². The van der Waals surface area contributed by atoms with Crippen molar-refractivity contribution in [3.05, 3.63) is 65.7 Å². The first kappa shape index (κ1) is 18.3. The lowest BCUT2D eigenvalue weighted by Crippen LogP contribution is -2.14. The van der Waals surface area contributed by atoms with Gasteiger partial charge in [-0.2, -0.15) is 0 Å². The fourth-order valence-electron chi connectivity index (χ4n) is 2.77. The average molecular weight is 366 g/mol. The number of esters is 1. The number of hydrogen-bond donors (Lipinski definition) is 1. The van der Waals surface area contributed by atoms with Crippen LogP contribution in [0.3, 0.4) is 0 Å². The molecule has 27 heavy (non-hydrogen) atoms. The minimum atomic E-state index is -0.722. The van der Waals surface area contributed by atoms with Gasteiger partial charge in [0.05, 0.1) is 19.8 Å². The molecule has 6 heteroatoms. The summed E-state index contributed by atoms with van der Waals surface area (Å²) in [6.45, 7) is -0.404. The first-order valence-electron chi connectivity index (χ1n) is 8.18. The van der Waals surface area contributed by atoms with Crippen LogP contribution in [0.2, 0.25) is 0 Å². The van der Waals surface area contributed by atoms with Gasteiger partial charge in [-0.3, -0.25) is 4.79 Å². The summed E-state index contributed by atoms with van der Waals surface area (Å²) < 4.78 is 15.2. The number of Topliss-reactive ketones (excluding diaryl/α,β-unsaturated/α-hetero) is 1. The number of methoxy groups -OCH3 is 2. The SMILES string of the molecule is COc1cc(C(=O)OCC(=O)c2cccc3ccccc23)cc(OC)c1O. The van der Waals surface area contributed by atoms with Gasteiger partial charge < -0.3 is 19.3 Å². The van der Waals surface area contributed by atoms with E-state index in [-0.39, 0.29) is 28.6 Å². The van der Waals surface area contributed by atoms with Crippen molar-refractivity contribution in [3.8, 4) is 17.2 Å². The smallest absolute Gasteiger partial charge is 0.338 e. The van der Waals surface area contributed by atoms with Crippen molar-refractivity contribution in [2.24, 2.45) is 0 Å². The molecule has 3 aromatic rings. The van der Waals surface area contributed by atoms with Crippen LogP contribution in [-0.4, -0.2) is 37.7 Å². The zero-order chi connectivity index (χ0) is 19.4. The molecular weight excluding hydrogens is 348 g/mol. The lowest BCUT2D eigenvalue weighted by atomic mass is 10.0. The van der Waals surface area contributed by atoms with Gasteiger partial charge >= 0.3 is 5.97 Å². The molecule has 3 rings (SSSR count). The Morgan fingerprint density at radius 1 is 0.926 bits per heavy atom. The molecule has 0 saturated carbocycles. The topological polar surface area (TPSA) is 82.1 Å². The Hall–Kier alpha value is -3.54. The lowest BCUT2D eigenvalue weighted by molar-refractivity contribution is 0.0474. The van der Waals surface area contributed by atoms with Gasteiger partial charge in [0.15, 0.2) is 18.1 Å². The Morgan fingerprint density at radius 3 is 2.22 bits per heavy atom. The van der Waals surface area contributed by atoms with Crippen molar-refractivity contribution in [1.29, 1.82) is 0 Å². The highest BCUT2D eigenvalue weighted by atomic mass is 16.5. The van der Waals surface area contributed by atoms with Gasteiger partial charge in [0.25, 0.3) is 0 Å². The van der Waals surface area contributed by atoms with Gasteiger partial charge in [0.2, 0.25) is 11.5 Å². The summed E-state index contributed by atoms with van der Waals surface area (Å²) in [5, 5.41) is 11.6. The van der Waals surface area contributed by atoms with Crippen LogP contribution in [0.15, 0.2) is 54.6 Å². The van der Waals surface area contributed by atoms with Crippen LogP contribution in [0.1, 0.15) is 20.7 Å². The van der Waals surface area contributed by atoms with E-state index in [0.29, 0.717) is 5.56 Å². The summed E-state index contributed by atoms with van der Waals surface area (Å²) in [4.78, 5) is 24.9. The van der Waals surface area contributed by atoms with Crippen molar-refractivity contribution in [3.63, 3.8) is 0 Å². The van der Waals surface area contributed by atoms with Gasteiger partial charge in [-0.05, 0) is 22.9 Å². The minimum absolute atomic E-state index is 0.0710. The van der Waals surface area contributed by atoms with E-state index >= 15 is 0 Å². The van der Waals surface area contributed by atoms with Gasteiger partial charge in [0, 0.05) is 5.56 Å². The summed E-state index contributed by atoms with van der Waals surface area (Å²) in [6.07, 6.45) is 0. The largest absolute Gasteiger partial charge is 0.502 e. The number of fused-ring (bicyclic) bond motifs is 1. The second kappa shape index (κ2) is 7.78. The van der Waals surface area contributed by atoms with E-state index in [4.69, 9.17) is 14.2 Å². The van der Waals surface area contributed by atoms with Gasteiger partial charge in [0.1, 0.15) is 0 Å². The second-order valence-corrected chi connectivity index (χ2v) is 5.76. The Labute approximate surface area is 155 Å². The molecule has 0 aromatic heterocycles. The fourth-order valence-corrected chi connectivity index (χ4v) is 2.77. The van der Waals surface area contributed by atoms with E-state index in [1.807, 2.05) is 30.3 Å². The minimum Gasteiger partial charge on any atom is -0.502 e. The lowest BCUT2D eigenvalue weighted by Gasteiger charge is -2.11. The Kier molecular flexibility index (Phi) is 5.26. The standard InChI is InChI=1S/C21H18O6/c1-25-18-10-14(11-19(26-2)20(18)23)21(24)27-12-17(22)16-9-5-7-13-6-3-4-8-15(13)16/h3-11,23H,12H2,1-2H3. The van der Waals surface area contributed by atoms with Crippen molar-refractivity contribution in [2.45, 2.75) is 0 Å². The summed E-state index contributed by atoms with van der Waals surface area (Å²) in [5.74, 6) is -1.11. The van der Waals surface area contributed by atoms with E-state index in [0.717, 1.165) is 10.8 Å². The van der Waals surface area contributed by atoms with E-state index in [1.165, 1.54) is 26.4 Å². The molecule has 0 heterocycles. The van der Waals surface area contributed by atoms with Gasteiger partial charge in [-0.15, -0.1) is 0 Å². The molecule has 0 aliphatic carbocycles. The number of phenolic OH excluding ortho intramolecular Hbond substituents is 1. The predicted octanol–water partition coefficient (Wildman–Crippen LogP) is 3.60. The zero-order valence-corrected chi connectivity index (χ0v) is 14.9. The highest BCUT2D eigenvalue weighted by Crippen LogP contribution is 2.37. The first-order valence-corrected chi connectivity index (χ1v) is 8.18. The second-order valence-electron chi connectivity index (χ2n) is 5.76. The molecule has 0 spiro atoms. The fraction of sp³-hybridized carbons (Fsp3) is 0.143. The van der Waals surface area contributed by atoms with E-state index < -0.39 is 12.6 Å². The third kappa shape index (κ3) is 3.69. The monoisotopic (exact) mass is 366 g/mol. The van der Waals surface area contributed by atoms with Crippen LogP contribution in [0.5, 0.6) is 17.2 Å². The number of ketones is 1. The summed E-state index contributed by atoms with van der Waals surface area (Å²) >= 11 is 0. The number of aromatic hydroxyl groups is 1. The van der Waals surface area contributed by atoms with Crippen molar-refractivity contribution in [2.75, 3.05) is 20.8 Å². The van der Waals surface area contributed by atoms with Crippen LogP contribution in [0.4, 0.5) is 0 Å². The number of ether oxygens (including phenoxy) is 3. The zero-order valence-electron chi connectivity index (χ0n) is 14.9. The molecule has 0 atom stereocenters. The molecule has 0 unspecified atom stereocenters. The van der Waals surface area contributed by atoms with Crippen LogP contribution in [0, 0.1) is 0 Å². The third-order valence-electron chi connectivity index (χ3n) is 4.14. The molecule has 1 N–H and O–H groups in total. The molecule has 6 nitrogen and oxygen atoms in total. The molecular formula is C21H18O6. The van der Waals surface area contributed by atoms with Crippen LogP contribution in [-0.2, 0) is 4.74 Å². The molecule has 0 aliphatic rings. The molecule has 0 bridgehead atoms. The molecule has 0 saturated heterocycles. The maximum Gasteiger partial charge on any atom is 0.338 e. The van der Waals surface area contributed by atoms with Crippen LogP contribution in [0.25, 0.3) is 10.8 Å². The summed E-state index contributed by atoms with van der Waals surface area (Å²) in [5.41, 5.74) is 0.592. The maximum atomic E-state index is 12.5. The molecule has 0 radical (unpaired) electrons. The highest BCUT2D eigenvalue weighted by molar-refractivity contribution is 6.09. The Morgan fingerprint density at radius 2 is 1.56 bits per heavy atom. The molecule has 138 valence electrons. The average Bonchev–Trinajstić information content (AvgIpc) is 2.71. The third-order valence-corrected chi connectivity index (χ3v) is 4.14. The van der Waals surface area contributed by atoms with Crippen molar-refractivity contribution >= 4 is 22.5 Å². The Balaban J connectivity index is 1.78. The number of phenols is 1. The summed E-state index contributed by atoms with van der Waals surface area (Å²) in [7, 11) is 2.71. The highest BCUT2D eigenvalue weighted by Gasteiger charge is 2.18. The number of benzene rings is 3. The van der Waals surface area contributed by atoms with Crippen LogP contribution >= 0.6 is 0 Å².